The number of nitrogens with zero attached hydrogens (tertiary/aromatic N) is 1. The third kappa shape index (κ3) is 3.82. The third-order valence-corrected chi connectivity index (χ3v) is 9.40. The molecule has 0 unspecified atom stereocenters. The van der Waals surface area contributed by atoms with Gasteiger partial charge in [-0.1, -0.05) is 22.0 Å². The summed E-state index contributed by atoms with van der Waals surface area (Å²) < 4.78 is 8.31. The summed E-state index contributed by atoms with van der Waals surface area (Å²) in [6.07, 6.45) is 12.7. The average molecular weight is 501 g/mol. The van der Waals surface area contributed by atoms with Crippen LogP contribution in [0.25, 0.3) is 10.9 Å². The summed E-state index contributed by atoms with van der Waals surface area (Å²) >= 11 is 3.68. The van der Waals surface area contributed by atoms with Crippen LogP contribution in [0.3, 0.4) is 0 Å². The molecular formula is C26H33BrN2O3. The Bertz CT molecular complexity index is 1010. The van der Waals surface area contributed by atoms with Crippen molar-refractivity contribution in [2.75, 3.05) is 18.5 Å². The van der Waals surface area contributed by atoms with Crippen LogP contribution in [0.2, 0.25) is 0 Å². The van der Waals surface area contributed by atoms with E-state index in [0.717, 1.165) is 45.2 Å². The second-order valence-corrected chi connectivity index (χ2v) is 12.2. The molecule has 2 N–H and O–H groups in total. The molecule has 172 valence electrons. The molecule has 0 radical (unpaired) electrons. The van der Waals surface area contributed by atoms with Gasteiger partial charge in [0.2, 0.25) is 5.91 Å². The minimum absolute atomic E-state index is 0.126. The number of anilines is 1. The zero-order valence-electron chi connectivity index (χ0n) is 18.6. The van der Waals surface area contributed by atoms with Crippen molar-refractivity contribution in [3.63, 3.8) is 0 Å². The van der Waals surface area contributed by atoms with Gasteiger partial charge in [-0.3, -0.25) is 4.79 Å². The van der Waals surface area contributed by atoms with Gasteiger partial charge in [0.25, 0.3) is 0 Å². The highest BCUT2D eigenvalue weighted by Gasteiger charge is 2.50. The van der Waals surface area contributed by atoms with E-state index in [1.54, 1.807) is 0 Å². The van der Waals surface area contributed by atoms with Gasteiger partial charge in [-0.2, -0.15) is 0 Å². The van der Waals surface area contributed by atoms with E-state index in [0.29, 0.717) is 38.0 Å². The molecule has 1 amide bonds. The van der Waals surface area contributed by atoms with E-state index in [1.165, 1.54) is 38.5 Å². The lowest BCUT2D eigenvalue weighted by Crippen LogP contribution is -2.50. The van der Waals surface area contributed by atoms with E-state index in [4.69, 9.17) is 4.74 Å². The van der Waals surface area contributed by atoms with Crippen molar-refractivity contribution in [1.82, 2.24) is 4.57 Å². The summed E-state index contributed by atoms with van der Waals surface area (Å²) in [5.74, 6) is 2.90. The van der Waals surface area contributed by atoms with Crippen molar-refractivity contribution in [3.05, 3.63) is 28.9 Å². The summed E-state index contributed by atoms with van der Waals surface area (Å²) in [5.41, 5.74) is 1.64. The Morgan fingerprint density at radius 1 is 1.12 bits per heavy atom. The Morgan fingerprint density at radius 2 is 1.81 bits per heavy atom. The SMILES string of the molecule is O=C(CCC12CC3CC(CC(C3)C1)C2)Nc1cn(CCC2(O)COC2)c2cccc(Br)c12. The summed E-state index contributed by atoms with van der Waals surface area (Å²) in [4.78, 5) is 13.1. The Hall–Kier alpha value is -1.37. The van der Waals surface area contributed by atoms with Crippen molar-refractivity contribution in [2.24, 2.45) is 23.2 Å². The predicted octanol–water partition coefficient (Wildman–Crippen LogP) is 5.49. The molecule has 4 saturated carbocycles. The third-order valence-electron chi connectivity index (χ3n) is 8.74. The van der Waals surface area contributed by atoms with Gasteiger partial charge in [0.15, 0.2) is 0 Å². The zero-order valence-corrected chi connectivity index (χ0v) is 20.2. The predicted molar refractivity (Wildman–Crippen MR) is 128 cm³/mol. The van der Waals surface area contributed by atoms with Crippen LogP contribution >= 0.6 is 15.9 Å². The molecule has 1 aromatic heterocycles. The molecule has 1 aromatic carbocycles. The second kappa shape index (κ2) is 7.85. The molecule has 1 aliphatic heterocycles. The molecule has 0 atom stereocenters. The van der Waals surface area contributed by atoms with Crippen LogP contribution < -0.4 is 5.32 Å². The highest BCUT2D eigenvalue weighted by Crippen LogP contribution is 2.61. The lowest BCUT2D eigenvalue weighted by atomic mass is 9.48. The van der Waals surface area contributed by atoms with Crippen LogP contribution in [0, 0.1) is 23.2 Å². The number of carbonyl (C=O) groups excluding carboxylic acids is 1. The monoisotopic (exact) mass is 500 g/mol. The second-order valence-electron chi connectivity index (χ2n) is 11.3. The first-order valence-corrected chi connectivity index (χ1v) is 13.1. The molecule has 1 saturated heterocycles. The largest absolute Gasteiger partial charge is 0.385 e. The number of halogens is 1. The molecule has 0 spiro atoms. The number of fused-ring (bicyclic) bond motifs is 1. The van der Waals surface area contributed by atoms with Gasteiger partial charge in [0, 0.05) is 29.0 Å². The molecular weight excluding hydrogens is 468 g/mol. The number of nitrogens with one attached hydrogen (secondary N) is 1. The molecule has 5 nitrogen and oxygen atoms in total. The summed E-state index contributed by atoms with van der Waals surface area (Å²) in [6, 6.07) is 6.11. The average Bonchev–Trinajstić information content (AvgIpc) is 3.07. The fourth-order valence-electron chi connectivity index (χ4n) is 7.59. The summed E-state index contributed by atoms with van der Waals surface area (Å²) in [6.45, 7) is 1.50. The number of benzene rings is 1. The van der Waals surface area contributed by atoms with Crippen LogP contribution in [0.5, 0.6) is 0 Å². The number of ether oxygens (including phenoxy) is 1. The Labute approximate surface area is 198 Å². The molecule has 6 heteroatoms. The molecule has 7 rings (SSSR count). The van der Waals surface area contributed by atoms with Gasteiger partial charge >= 0.3 is 0 Å². The molecule has 32 heavy (non-hydrogen) atoms. The fraction of sp³-hybridized carbons (Fsp3) is 0.654. The molecule has 5 aliphatic rings. The van der Waals surface area contributed by atoms with Crippen molar-refractivity contribution >= 4 is 38.4 Å². The van der Waals surface area contributed by atoms with Crippen LogP contribution in [-0.2, 0) is 16.1 Å². The first-order valence-electron chi connectivity index (χ1n) is 12.3. The van der Waals surface area contributed by atoms with E-state index < -0.39 is 5.60 Å². The standard InChI is InChI=1S/C26H33BrN2O3/c27-20-2-1-3-22-24(20)21(14-29(22)7-6-26(31)15-32-16-26)28-23(30)4-5-25-11-17-8-18(12-25)10-19(9-17)13-25/h1-3,14,17-19,31H,4-13,15-16H2,(H,28,30). The minimum atomic E-state index is -0.718. The highest BCUT2D eigenvalue weighted by atomic mass is 79.9. The Morgan fingerprint density at radius 3 is 2.44 bits per heavy atom. The summed E-state index contributed by atoms with van der Waals surface area (Å²) in [5, 5.41) is 14.7. The molecule has 5 fully saturated rings. The first kappa shape index (κ1) is 21.2. The van der Waals surface area contributed by atoms with Gasteiger partial charge in [-0.05, 0) is 86.7 Å². The van der Waals surface area contributed by atoms with Crippen LogP contribution in [0.1, 0.15) is 57.8 Å². The van der Waals surface area contributed by atoms with Crippen molar-refractivity contribution in [2.45, 2.75) is 69.9 Å². The lowest BCUT2D eigenvalue weighted by Gasteiger charge is -2.57. The van der Waals surface area contributed by atoms with Gasteiger partial charge in [-0.15, -0.1) is 0 Å². The Kier molecular flexibility index (Phi) is 5.19. The number of aliphatic hydroxyl groups is 1. The highest BCUT2D eigenvalue weighted by molar-refractivity contribution is 9.10. The zero-order chi connectivity index (χ0) is 21.9. The van der Waals surface area contributed by atoms with Crippen LogP contribution in [-0.4, -0.2) is 34.4 Å². The van der Waals surface area contributed by atoms with Crippen molar-refractivity contribution < 1.29 is 14.6 Å². The number of amides is 1. The Balaban J connectivity index is 1.16. The van der Waals surface area contributed by atoms with Crippen molar-refractivity contribution in [3.8, 4) is 0 Å². The maximum atomic E-state index is 13.1. The topological polar surface area (TPSA) is 63.5 Å². The molecule has 4 bridgehead atoms. The normalized spacial score (nSPS) is 32.2. The number of aromatic nitrogens is 1. The van der Waals surface area contributed by atoms with E-state index >= 15 is 0 Å². The lowest BCUT2D eigenvalue weighted by molar-refractivity contribution is -0.182. The maximum Gasteiger partial charge on any atom is 0.224 e. The van der Waals surface area contributed by atoms with E-state index in [-0.39, 0.29) is 5.91 Å². The van der Waals surface area contributed by atoms with Crippen molar-refractivity contribution in [1.29, 1.82) is 0 Å². The first-order chi connectivity index (χ1) is 15.4. The van der Waals surface area contributed by atoms with Gasteiger partial charge < -0.3 is 19.7 Å². The molecule has 2 heterocycles. The number of hydrogen-bond acceptors (Lipinski definition) is 3. The van der Waals surface area contributed by atoms with E-state index in [9.17, 15) is 9.90 Å². The van der Waals surface area contributed by atoms with Crippen LogP contribution in [0.15, 0.2) is 28.9 Å². The number of rotatable bonds is 7. The smallest absolute Gasteiger partial charge is 0.224 e. The number of aryl methyl sites for hydroxylation is 1. The molecule has 4 aliphatic carbocycles. The quantitative estimate of drug-likeness (QED) is 0.528. The van der Waals surface area contributed by atoms with E-state index in [2.05, 4.69) is 31.9 Å². The van der Waals surface area contributed by atoms with Gasteiger partial charge in [-0.25, -0.2) is 0 Å². The molecule has 2 aromatic rings. The van der Waals surface area contributed by atoms with E-state index in [1.807, 2.05) is 18.3 Å². The fourth-order valence-corrected chi connectivity index (χ4v) is 8.16. The number of hydrogen-bond donors (Lipinski definition) is 2. The van der Waals surface area contributed by atoms with Gasteiger partial charge in [0.05, 0.1) is 24.4 Å². The van der Waals surface area contributed by atoms with Crippen LogP contribution in [0.4, 0.5) is 5.69 Å². The summed E-state index contributed by atoms with van der Waals surface area (Å²) in [7, 11) is 0. The minimum Gasteiger partial charge on any atom is -0.385 e. The number of carbonyl (C=O) groups is 1. The maximum absolute atomic E-state index is 13.1. The van der Waals surface area contributed by atoms with Gasteiger partial charge in [0.1, 0.15) is 5.60 Å².